The van der Waals surface area contributed by atoms with Gasteiger partial charge in [0, 0.05) is 12.6 Å². The number of hydrogen-bond acceptors (Lipinski definition) is 5. The molecule has 0 aliphatic rings. The number of hydrogen-bond donors (Lipinski definition) is 1. The van der Waals surface area contributed by atoms with Crippen molar-refractivity contribution in [3.8, 4) is 0 Å². The average Bonchev–Trinajstić information content (AvgIpc) is 2.41. The minimum absolute atomic E-state index is 0.580. The molecule has 0 aromatic carbocycles. The van der Waals surface area contributed by atoms with Crippen LogP contribution in [0, 0.1) is 6.33 Å². The second-order valence-corrected chi connectivity index (χ2v) is 1.59. The van der Waals surface area contributed by atoms with E-state index in [0.717, 1.165) is 0 Å². The first-order valence-corrected chi connectivity index (χ1v) is 2.73. The van der Waals surface area contributed by atoms with Crippen molar-refractivity contribution in [2.24, 2.45) is 5.16 Å². The average molecular weight is 140 g/mol. The highest BCUT2D eigenvalue weighted by Gasteiger charge is 1.89. The fraction of sp³-hybridized carbons (Fsp3) is 0.500. The van der Waals surface area contributed by atoms with E-state index in [1.165, 1.54) is 10.9 Å². The van der Waals surface area contributed by atoms with E-state index in [1.54, 1.807) is 0 Å². The molecule has 0 fully saturated rings. The lowest BCUT2D eigenvalue weighted by molar-refractivity contribution is 0.320. The fourth-order valence-corrected chi connectivity index (χ4v) is 0.492. The maximum atomic E-state index is 7.99. The van der Waals surface area contributed by atoms with E-state index in [0.29, 0.717) is 13.0 Å². The Hall–Kier alpha value is -1.46. The van der Waals surface area contributed by atoms with Gasteiger partial charge in [0.15, 0.2) is 0 Å². The molecule has 1 heterocycles. The quantitative estimate of drug-likeness (QED) is 0.343. The highest BCUT2D eigenvalue weighted by Crippen LogP contribution is 1.80. The van der Waals surface area contributed by atoms with Crippen molar-refractivity contribution in [2.75, 3.05) is 0 Å². The van der Waals surface area contributed by atoms with E-state index in [9.17, 15) is 0 Å². The number of nitrogens with zero attached hydrogens (tertiary/aromatic N) is 5. The Bertz CT molecular complexity index is 193. The van der Waals surface area contributed by atoms with Gasteiger partial charge in [-0.15, -0.1) is 10.3 Å². The summed E-state index contributed by atoms with van der Waals surface area (Å²) in [7, 11) is 0. The van der Waals surface area contributed by atoms with Crippen molar-refractivity contribution >= 4 is 6.21 Å². The van der Waals surface area contributed by atoms with Crippen molar-refractivity contribution in [1.29, 1.82) is 0 Å². The molecule has 53 valence electrons. The van der Waals surface area contributed by atoms with Crippen LogP contribution < -0.4 is 0 Å². The van der Waals surface area contributed by atoms with Crippen LogP contribution in [0.3, 0.4) is 0 Å². The van der Waals surface area contributed by atoms with Crippen LogP contribution in [0.15, 0.2) is 5.16 Å². The zero-order valence-corrected chi connectivity index (χ0v) is 5.17. The maximum Gasteiger partial charge on any atom is 0.221 e. The van der Waals surface area contributed by atoms with Crippen molar-refractivity contribution in [3.05, 3.63) is 6.33 Å². The Balaban J connectivity index is 2.28. The summed E-state index contributed by atoms with van der Waals surface area (Å²) in [5.41, 5.74) is 0. The fourth-order valence-electron chi connectivity index (χ4n) is 0.492. The summed E-state index contributed by atoms with van der Waals surface area (Å²) in [4.78, 5) is 0. The van der Waals surface area contributed by atoms with Gasteiger partial charge >= 0.3 is 0 Å². The number of rotatable bonds is 3. The summed E-state index contributed by atoms with van der Waals surface area (Å²) < 4.78 is 1.43. The molecule has 1 aromatic rings. The highest BCUT2D eigenvalue weighted by molar-refractivity contribution is 5.55. The Morgan fingerprint density at radius 3 is 3.20 bits per heavy atom. The molecule has 10 heavy (non-hydrogen) atoms. The van der Waals surface area contributed by atoms with Crippen molar-refractivity contribution < 1.29 is 5.21 Å². The van der Waals surface area contributed by atoms with Crippen LogP contribution in [0.1, 0.15) is 6.42 Å². The molecule has 0 atom stereocenters. The minimum Gasteiger partial charge on any atom is -0.411 e. The van der Waals surface area contributed by atoms with Gasteiger partial charge in [-0.2, -0.15) is 0 Å². The Kier molecular flexibility index (Phi) is 2.36. The first-order chi connectivity index (χ1) is 4.93. The molecule has 6 heteroatoms. The number of oxime groups is 1. The molecule has 0 spiro atoms. The molecule has 0 saturated heterocycles. The van der Waals surface area contributed by atoms with E-state index in [1.807, 2.05) is 0 Å². The van der Waals surface area contributed by atoms with Crippen LogP contribution >= 0.6 is 0 Å². The summed E-state index contributed by atoms with van der Waals surface area (Å²) in [6.45, 7) is 0.580. The molecule has 0 amide bonds. The lowest BCUT2D eigenvalue weighted by Crippen LogP contribution is -1.99. The molecule has 0 unspecified atom stereocenters. The molecular weight excluding hydrogens is 134 g/mol. The molecule has 1 N–H and O–H groups in total. The normalized spacial score (nSPS) is 10.8. The Morgan fingerprint density at radius 2 is 2.60 bits per heavy atom. The van der Waals surface area contributed by atoms with Crippen LogP contribution in [0.2, 0.25) is 0 Å². The van der Waals surface area contributed by atoms with Gasteiger partial charge in [-0.3, -0.25) is 0 Å². The molecule has 6 nitrogen and oxygen atoms in total. The summed E-state index contributed by atoms with van der Waals surface area (Å²) in [5, 5.41) is 21.0. The standard InChI is InChI=1S/C4H6N5O/c10-6-2-1-3-9-4-5-7-8-9/h2,10H,1,3H2/b6-2+. The summed E-state index contributed by atoms with van der Waals surface area (Å²) >= 11 is 0. The minimum atomic E-state index is 0.580. The molecule has 1 radical (unpaired) electrons. The number of aryl methyl sites for hydroxylation is 1. The van der Waals surface area contributed by atoms with Crippen LogP contribution in [-0.2, 0) is 6.54 Å². The van der Waals surface area contributed by atoms with Crippen molar-refractivity contribution in [3.63, 3.8) is 0 Å². The second-order valence-electron chi connectivity index (χ2n) is 1.59. The molecule has 1 rings (SSSR count). The maximum absolute atomic E-state index is 7.99. The van der Waals surface area contributed by atoms with Crippen LogP contribution in [0.25, 0.3) is 0 Å². The third-order valence-electron chi connectivity index (χ3n) is 0.904. The number of aromatic nitrogens is 4. The zero-order chi connectivity index (χ0) is 7.23. The lowest BCUT2D eigenvalue weighted by atomic mass is 10.5. The van der Waals surface area contributed by atoms with Gasteiger partial charge in [0.25, 0.3) is 0 Å². The monoisotopic (exact) mass is 140 g/mol. The summed E-state index contributed by atoms with van der Waals surface area (Å²) in [5.74, 6) is 0. The predicted octanol–water partition coefficient (Wildman–Crippen LogP) is -0.677. The molecule has 1 aromatic heterocycles. The van der Waals surface area contributed by atoms with Gasteiger partial charge in [0.2, 0.25) is 6.33 Å². The van der Waals surface area contributed by atoms with Crippen LogP contribution in [-0.4, -0.2) is 31.6 Å². The largest absolute Gasteiger partial charge is 0.411 e. The van der Waals surface area contributed by atoms with Crippen LogP contribution in [0.5, 0.6) is 0 Å². The zero-order valence-electron chi connectivity index (χ0n) is 5.17. The first kappa shape index (κ1) is 6.66. The Labute approximate surface area is 57.2 Å². The topological polar surface area (TPSA) is 76.2 Å². The summed E-state index contributed by atoms with van der Waals surface area (Å²) in [6.07, 6.45) is 4.46. The summed E-state index contributed by atoms with van der Waals surface area (Å²) in [6, 6.07) is 0. The highest BCUT2D eigenvalue weighted by atomic mass is 16.4. The third kappa shape index (κ3) is 1.81. The molecule has 0 bridgehead atoms. The molecule has 0 saturated carbocycles. The lowest BCUT2D eigenvalue weighted by Gasteiger charge is -1.89. The second kappa shape index (κ2) is 3.54. The van der Waals surface area contributed by atoms with E-state index in [4.69, 9.17) is 5.21 Å². The van der Waals surface area contributed by atoms with E-state index < -0.39 is 0 Å². The number of tetrazole rings is 1. The van der Waals surface area contributed by atoms with Gasteiger partial charge in [0.1, 0.15) is 0 Å². The van der Waals surface area contributed by atoms with E-state index in [2.05, 4.69) is 27.0 Å². The van der Waals surface area contributed by atoms with Crippen molar-refractivity contribution in [2.45, 2.75) is 13.0 Å². The van der Waals surface area contributed by atoms with Gasteiger partial charge in [-0.1, -0.05) is 0 Å². The van der Waals surface area contributed by atoms with Gasteiger partial charge in [0.05, 0.1) is 6.54 Å². The van der Waals surface area contributed by atoms with E-state index in [-0.39, 0.29) is 0 Å². The van der Waals surface area contributed by atoms with Gasteiger partial charge < -0.3 is 5.21 Å². The Morgan fingerprint density at radius 1 is 1.70 bits per heavy atom. The predicted molar refractivity (Wildman–Crippen MR) is 31.5 cm³/mol. The first-order valence-electron chi connectivity index (χ1n) is 2.73. The SMILES string of the molecule is O/N=C/CCn1[c]nnn1. The van der Waals surface area contributed by atoms with Crippen molar-refractivity contribution in [1.82, 2.24) is 20.2 Å². The molecule has 0 aliphatic carbocycles. The van der Waals surface area contributed by atoms with Gasteiger partial charge in [-0.25, -0.2) is 4.68 Å². The molecular formula is C4H6N5O. The van der Waals surface area contributed by atoms with Gasteiger partial charge in [-0.05, 0) is 10.4 Å². The molecule has 0 aliphatic heterocycles. The third-order valence-corrected chi connectivity index (χ3v) is 0.904. The van der Waals surface area contributed by atoms with Crippen LogP contribution in [0.4, 0.5) is 0 Å². The van der Waals surface area contributed by atoms with E-state index >= 15 is 0 Å². The smallest absolute Gasteiger partial charge is 0.221 e.